The van der Waals surface area contributed by atoms with E-state index in [9.17, 15) is 0 Å². The van der Waals surface area contributed by atoms with E-state index in [2.05, 4.69) is 46.8 Å². The van der Waals surface area contributed by atoms with Crippen LogP contribution >= 0.6 is 0 Å². The van der Waals surface area contributed by atoms with E-state index in [0.717, 1.165) is 12.0 Å². The summed E-state index contributed by atoms with van der Waals surface area (Å²) in [5.41, 5.74) is 6.10. The van der Waals surface area contributed by atoms with Crippen molar-refractivity contribution >= 4 is 0 Å². The Morgan fingerprint density at radius 1 is 0.952 bits per heavy atom. The van der Waals surface area contributed by atoms with E-state index in [4.69, 9.17) is 2.74 Å². The molecule has 0 N–H and O–H groups in total. The van der Waals surface area contributed by atoms with Crippen molar-refractivity contribution in [1.29, 1.82) is 0 Å². The summed E-state index contributed by atoms with van der Waals surface area (Å²) in [6, 6.07) is 14.0. The van der Waals surface area contributed by atoms with Crippen LogP contribution < -0.4 is 0 Å². The largest absolute Gasteiger partial charge is 0.0622 e. The second kappa shape index (κ2) is 6.47. The van der Waals surface area contributed by atoms with Crippen molar-refractivity contribution in [3.05, 3.63) is 70.3 Å². The molecule has 2 rings (SSSR count). The zero-order valence-corrected chi connectivity index (χ0v) is 14.0. The predicted molar refractivity (Wildman–Crippen MR) is 93.1 cm³/mol. The minimum atomic E-state index is -1.29. The number of benzene rings is 2. The molecule has 0 radical (unpaired) electrons. The fourth-order valence-electron chi connectivity index (χ4n) is 2.71. The third kappa shape index (κ3) is 4.20. The van der Waals surface area contributed by atoms with Gasteiger partial charge in [-0.1, -0.05) is 63.2 Å². The monoisotopic (exact) mass is 282 g/mol. The van der Waals surface area contributed by atoms with Crippen LogP contribution in [0.1, 0.15) is 57.8 Å². The summed E-state index contributed by atoms with van der Waals surface area (Å²) < 4.78 is 16.7. The first-order valence-electron chi connectivity index (χ1n) is 8.77. The third-order valence-corrected chi connectivity index (χ3v) is 4.04. The van der Waals surface area contributed by atoms with Gasteiger partial charge in [0.1, 0.15) is 0 Å². The maximum atomic E-state index is 8.37. The van der Waals surface area contributed by atoms with Crippen molar-refractivity contribution in [3.63, 3.8) is 0 Å². The summed E-state index contributed by atoms with van der Waals surface area (Å²) in [7, 11) is 0. The molecule has 0 aromatic heterocycles. The zero-order valence-electron chi connectivity index (χ0n) is 16.0. The molecule has 0 fully saturated rings. The van der Waals surface area contributed by atoms with Gasteiger partial charge in [-0.05, 0) is 66.3 Å². The van der Waals surface area contributed by atoms with E-state index in [-0.39, 0.29) is 5.41 Å². The minimum Gasteiger partial charge on any atom is -0.0622 e. The van der Waals surface area contributed by atoms with E-state index < -0.39 is 6.37 Å². The van der Waals surface area contributed by atoms with Crippen molar-refractivity contribution in [2.45, 2.75) is 59.2 Å². The van der Waals surface area contributed by atoms with Crippen LogP contribution in [0.4, 0.5) is 0 Å². The number of rotatable bonds is 4. The molecular weight excluding hydrogens is 252 g/mol. The SMILES string of the molecule is [2H]C([2H])(CCc1c(C)cc(C(C)(C)C)cc1C)c1ccccc1. The summed E-state index contributed by atoms with van der Waals surface area (Å²) >= 11 is 0. The quantitative estimate of drug-likeness (QED) is 0.667. The standard InChI is InChI=1S/C21H28/c1-16-14-19(21(3,4)5)15-17(2)20(16)13-9-12-18-10-7-6-8-11-18/h6-8,10-11,14-15H,9,12-13H2,1-5H3/i12D2. The molecule has 0 atom stereocenters. The van der Waals surface area contributed by atoms with Crippen molar-refractivity contribution in [1.82, 2.24) is 0 Å². The van der Waals surface area contributed by atoms with Gasteiger partial charge in [-0.3, -0.25) is 0 Å². The van der Waals surface area contributed by atoms with Crippen molar-refractivity contribution in [2.75, 3.05) is 0 Å². The highest BCUT2D eigenvalue weighted by molar-refractivity contribution is 5.40. The van der Waals surface area contributed by atoms with Crippen molar-refractivity contribution < 1.29 is 2.74 Å². The molecule has 2 aromatic rings. The molecule has 112 valence electrons. The van der Waals surface area contributed by atoms with Crippen LogP contribution in [0.15, 0.2) is 42.5 Å². The Morgan fingerprint density at radius 3 is 2.05 bits per heavy atom. The lowest BCUT2D eigenvalue weighted by molar-refractivity contribution is 0.588. The van der Waals surface area contributed by atoms with Gasteiger partial charge >= 0.3 is 0 Å². The summed E-state index contributed by atoms with van der Waals surface area (Å²) in [6.45, 7) is 11.0. The topological polar surface area (TPSA) is 0 Å². The van der Waals surface area contributed by atoms with Gasteiger partial charge in [0.05, 0.1) is 0 Å². The Hall–Kier alpha value is -1.56. The Bertz CT molecular complexity index is 641. The first-order chi connectivity index (χ1) is 10.6. The molecular formula is C21H28. The van der Waals surface area contributed by atoms with Gasteiger partial charge in [0.15, 0.2) is 0 Å². The summed E-state index contributed by atoms with van der Waals surface area (Å²) in [6.07, 6.45) is -0.0135. The Morgan fingerprint density at radius 2 is 1.52 bits per heavy atom. The molecule has 0 aliphatic rings. The second-order valence-corrected chi connectivity index (χ2v) is 6.88. The molecule has 0 heteroatoms. The first kappa shape index (κ1) is 13.1. The van der Waals surface area contributed by atoms with Gasteiger partial charge in [-0.2, -0.15) is 0 Å². The highest BCUT2D eigenvalue weighted by Gasteiger charge is 2.16. The average molecular weight is 282 g/mol. The maximum absolute atomic E-state index is 8.37. The predicted octanol–water partition coefficient (Wildman–Crippen LogP) is 5.78. The molecule has 0 saturated heterocycles. The van der Waals surface area contributed by atoms with Crippen molar-refractivity contribution in [3.8, 4) is 0 Å². The Balaban J connectivity index is 2.21. The van der Waals surface area contributed by atoms with Crippen LogP contribution in [-0.4, -0.2) is 0 Å². The Labute approximate surface area is 133 Å². The number of hydrogen-bond donors (Lipinski definition) is 0. The van der Waals surface area contributed by atoms with Crippen LogP contribution in [0.5, 0.6) is 0 Å². The highest BCUT2D eigenvalue weighted by Crippen LogP contribution is 2.27. The van der Waals surface area contributed by atoms with Gasteiger partial charge in [-0.25, -0.2) is 0 Å². The van der Waals surface area contributed by atoms with Gasteiger partial charge in [-0.15, -0.1) is 0 Å². The highest BCUT2D eigenvalue weighted by atomic mass is 14.2. The lowest BCUT2D eigenvalue weighted by Crippen LogP contribution is -2.12. The molecule has 0 unspecified atom stereocenters. The number of hydrogen-bond acceptors (Lipinski definition) is 0. The summed E-state index contributed by atoms with van der Waals surface area (Å²) in [5.74, 6) is 0. The zero-order chi connectivity index (χ0) is 17.3. The molecule has 0 aliphatic carbocycles. The fraction of sp³-hybridized carbons (Fsp3) is 0.429. The van der Waals surface area contributed by atoms with E-state index in [1.165, 1.54) is 22.3 Å². The fourth-order valence-corrected chi connectivity index (χ4v) is 2.71. The normalized spacial score (nSPS) is 13.8. The van der Waals surface area contributed by atoms with Crippen LogP contribution in [-0.2, 0) is 18.2 Å². The molecule has 0 nitrogen and oxygen atoms in total. The molecule has 0 spiro atoms. The van der Waals surface area contributed by atoms with Crippen LogP contribution in [0, 0.1) is 13.8 Å². The molecule has 0 aliphatic heterocycles. The Kier molecular flexibility index (Phi) is 4.05. The third-order valence-electron chi connectivity index (χ3n) is 4.04. The smallest absolute Gasteiger partial charge is 0.0316 e. The molecule has 2 aromatic carbocycles. The van der Waals surface area contributed by atoms with Gasteiger partial charge in [0.25, 0.3) is 0 Å². The molecule has 0 heterocycles. The minimum absolute atomic E-state index is 0.146. The summed E-state index contributed by atoms with van der Waals surface area (Å²) in [5, 5.41) is 0. The lowest BCUT2D eigenvalue weighted by atomic mass is 9.83. The summed E-state index contributed by atoms with van der Waals surface area (Å²) in [4.78, 5) is 0. The molecule has 0 amide bonds. The van der Waals surface area contributed by atoms with E-state index in [0.29, 0.717) is 6.42 Å². The van der Waals surface area contributed by atoms with Crippen LogP contribution in [0.2, 0.25) is 0 Å². The molecule has 0 bridgehead atoms. The van der Waals surface area contributed by atoms with Crippen LogP contribution in [0.25, 0.3) is 0 Å². The first-order valence-corrected chi connectivity index (χ1v) is 7.77. The van der Waals surface area contributed by atoms with Gasteiger partial charge in [0, 0.05) is 2.74 Å². The van der Waals surface area contributed by atoms with E-state index >= 15 is 0 Å². The average Bonchev–Trinajstić information content (AvgIpc) is 2.46. The lowest BCUT2D eigenvalue weighted by Gasteiger charge is -2.22. The van der Waals surface area contributed by atoms with Crippen molar-refractivity contribution in [2.24, 2.45) is 0 Å². The van der Waals surface area contributed by atoms with Gasteiger partial charge < -0.3 is 0 Å². The van der Waals surface area contributed by atoms with E-state index in [1.807, 2.05) is 30.3 Å². The molecule has 0 saturated carbocycles. The van der Waals surface area contributed by atoms with E-state index in [1.54, 1.807) is 0 Å². The second-order valence-electron chi connectivity index (χ2n) is 6.88. The van der Waals surface area contributed by atoms with Gasteiger partial charge in [0.2, 0.25) is 0 Å². The number of aryl methyl sites for hydroxylation is 3. The molecule has 21 heavy (non-hydrogen) atoms. The maximum Gasteiger partial charge on any atom is 0.0316 e. The van der Waals surface area contributed by atoms with Crippen LogP contribution in [0.3, 0.4) is 0 Å².